The predicted octanol–water partition coefficient (Wildman–Crippen LogP) is 4.09. The van der Waals surface area contributed by atoms with E-state index >= 15 is 0 Å². The number of benzene rings is 1. The van der Waals surface area contributed by atoms with E-state index in [0.29, 0.717) is 12.5 Å². The number of carbonyl (C=O) groups is 1. The summed E-state index contributed by atoms with van der Waals surface area (Å²) in [7, 11) is 0. The third-order valence-corrected chi connectivity index (χ3v) is 5.34. The van der Waals surface area contributed by atoms with Crippen molar-refractivity contribution >= 4 is 5.91 Å². The van der Waals surface area contributed by atoms with Gasteiger partial charge in [0.25, 0.3) is 0 Å². The first kappa shape index (κ1) is 17.5. The van der Waals surface area contributed by atoms with Crippen LogP contribution in [0.1, 0.15) is 64.0 Å². The monoisotopic (exact) mass is 329 g/mol. The molecule has 1 aliphatic carbocycles. The Labute approximate surface area is 146 Å². The quantitative estimate of drug-likeness (QED) is 0.833. The van der Waals surface area contributed by atoms with Crippen molar-refractivity contribution in [3.05, 3.63) is 35.4 Å². The number of piperidine rings is 1. The molecule has 1 atom stereocenters. The van der Waals surface area contributed by atoms with Crippen LogP contribution in [-0.2, 0) is 21.4 Å². The first-order valence-electron chi connectivity index (χ1n) is 9.44. The minimum absolute atomic E-state index is 0.154. The van der Waals surface area contributed by atoms with Crippen molar-refractivity contribution in [1.82, 2.24) is 4.90 Å². The van der Waals surface area contributed by atoms with E-state index in [2.05, 4.69) is 45.0 Å². The van der Waals surface area contributed by atoms with Crippen LogP contribution in [0.3, 0.4) is 0 Å². The molecule has 1 aliphatic heterocycles. The highest BCUT2D eigenvalue weighted by molar-refractivity contribution is 5.79. The zero-order valence-electron chi connectivity index (χ0n) is 15.4. The standard InChI is InChI=1S/C21H31NO2/c1-21(2,3)17-11-9-16(10-12-17)14-20(23)22-13-5-8-19(15-22)24-18-6-4-7-18/h9-12,18-19H,4-8,13-15H2,1-3H3. The topological polar surface area (TPSA) is 29.5 Å². The normalized spacial score (nSPS) is 22.3. The summed E-state index contributed by atoms with van der Waals surface area (Å²) in [6, 6.07) is 8.51. The van der Waals surface area contributed by atoms with Gasteiger partial charge in [-0.1, -0.05) is 45.0 Å². The summed E-state index contributed by atoms with van der Waals surface area (Å²) in [6.07, 6.45) is 7.05. The molecule has 3 heteroatoms. The van der Waals surface area contributed by atoms with Crippen LogP contribution in [0.15, 0.2) is 24.3 Å². The van der Waals surface area contributed by atoms with Gasteiger partial charge in [0.05, 0.1) is 18.6 Å². The van der Waals surface area contributed by atoms with Crippen LogP contribution >= 0.6 is 0 Å². The molecule has 0 radical (unpaired) electrons. The van der Waals surface area contributed by atoms with E-state index in [4.69, 9.17) is 4.74 Å². The van der Waals surface area contributed by atoms with Crippen molar-refractivity contribution in [2.24, 2.45) is 0 Å². The lowest BCUT2D eigenvalue weighted by molar-refractivity contribution is -0.137. The Balaban J connectivity index is 1.53. The van der Waals surface area contributed by atoms with Crippen molar-refractivity contribution in [2.45, 2.75) is 76.9 Å². The van der Waals surface area contributed by atoms with Crippen LogP contribution in [-0.4, -0.2) is 36.1 Å². The van der Waals surface area contributed by atoms with Gasteiger partial charge in [0.15, 0.2) is 0 Å². The van der Waals surface area contributed by atoms with Gasteiger partial charge in [-0.2, -0.15) is 0 Å². The lowest BCUT2D eigenvalue weighted by Gasteiger charge is -2.37. The Morgan fingerprint density at radius 2 is 1.75 bits per heavy atom. The summed E-state index contributed by atoms with van der Waals surface area (Å²) in [5.41, 5.74) is 2.57. The Morgan fingerprint density at radius 3 is 2.33 bits per heavy atom. The SMILES string of the molecule is CC(C)(C)c1ccc(CC(=O)N2CCCC(OC3CCC3)C2)cc1. The van der Waals surface area contributed by atoms with Gasteiger partial charge in [0.2, 0.25) is 5.91 Å². The van der Waals surface area contributed by atoms with Crippen LogP contribution in [0.25, 0.3) is 0 Å². The van der Waals surface area contributed by atoms with Gasteiger partial charge in [-0.05, 0) is 48.6 Å². The number of nitrogens with zero attached hydrogens (tertiary/aromatic N) is 1. The molecule has 0 N–H and O–H groups in total. The maximum Gasteiger partial charge on any atom is 0.227 e. The molecule has 2 aliphatic rings. The molecule has 1 saturated heterocycles. The van der Waals surface area contributed by atoms with Crippen LogP contribution in [0.4, 0.5) is 0 Å². The average molecular weight is 329 g/mol. The van der Waals surface area contributed by atoms with Crippen LogP contribution < -0.4 is 0 Å². The molecule has 24 heavy (non-hydrogen) atoms. The number of likely N-dealkylation sites (tertiary alicyclic amines) is 1. The van der Waals surface area contributed by atoms with Crippen molar-refractivity contribution in [1.29, 1.82) is 0 Å². The number of ether oxygens (including phenoxy) is 1. The van der Waals surface area contributed by atoms with Crippen LogP contribution in [0, 0.1) is 0 Å². The number of hydrogen-bond donors (Lipinski definition) is 0. The summed E-state index contributed by atoms with van der Waals surface area (Å²) >= 11 is 0. The zero-order chi connectivity index (χ0) is 17.2. The fourth-order valence-electron chi connectivity index (χ4n) is 3.46. The molecule has 132 valence electrons. The van der Waals surface area contributed by atoms with E-state index in [1.807, 2.05) is 4.90 Å². The second-order valence-corrected chi connectivity index (χ2v) is 8.42. The number of hydrogen-bond acceptors (Lipinski definition) is 2. The molecule has 2 fully saturated rings. The number of amides is 1. The van der Waals surface area contributed by atoms with Gasteiger partial charge < -0.3 is 9.64 Å². The maximum absolute atomic E-state index is 12.6. The highest BCUT2D eigenvalue weighted by atomic mass is 16.5. The molecule has 1 aromatic carbocycles. The van der Waals surface area contributed by atoms with E-state index in [1.54, 1.807) is 0 Å². The second-order valence-electron chi connectivity index (χ2n) is 8.42. The highest BCUT2D eigenvalue weighted by Gasteiger charge is 2.28. The predicted molar refractivity (Wildman–Crippen MR) is 97.2 cm³/mol. The molecule has 0 bridgehead atoms. The Morgan fingerprint density at radius 1 is 1.08 bits per heavy atom. The van der Waals surface area contributed by atoms with Crippen molar-refractivity contribution in [2.75, 3.05) is 13.1 Å². The second kappa shape index (κ2) is 7.26. The average Bonchev–Trinajstić information content (AvgIpc) is 2.51. The molecule has 3 rings (SSSR count). The molecule has 0 aromatic heterocycles. The minimum Gasteiger partial charge on any atom is -0.373 e. The highest BCUT2D eigenvalue weighted by Crippen LogP contribution is 2.26. The Kier molecular flexibility index (Phi) is 5.29. The number of carbonyl (C=O) groups excluding carboxylic acids is 1. The molecule has 1 saturated carbocycles. The van der Waals surface area contributed by atoms with E-state index in [-0.39, 0.29) is 17.4 Å². The summed E-state index contributed by atoms with van der Waals surface area (Å²) < 4.78 is 6.12. The largest absolute Gasteiger partial charge is 0.373 e. The zero-order valence-corrected chi connectivity index (χ0v) is 15.4. The lowest BCUT2D eigenvalue weighted by Crippen LogP contribution is -2.45. The Bertz CT molecular complexity index is 554. The summed E-state index contributed by atoms with van der Waals surface area (Å²) in [4.78, 5) is 14.6. The Hall–Kier alpha value is -1.35. The third kappa shape index (κ3) is 4.38. The molecule has 1 amide bonds. The van der Waals surface area contributed by atoms with Gasteiger partial charge in [-0.25, -0.2) is 0 Å². The molecule has 1 heterocycles. The number of rotatable bonds is 4. The fraction of sp³-hybridized carbons (Fsp3) is 0.667. The van der Waals surface area contributed by atoms with E-state index in [0.717, 1.165) is 31.5 Å². The molecular weight excluding hydrogens is 298 g/mol. The van der Waals surface area contributed by atoms with Gasteiger partial charge in [0, 0.05) is 13.1 Å². The van der Waals surface area contributed by atoms with Gasteiger partial charge in [0.1, 0.15) is 0 Å². The van der Waals surface area contributed by atoms with Crippen LogP contribution in [0.2, 0.25) is 0 Å². The van der Waals surface area contributed by atoms with Gasteiger partial charge >= 0.3 is 0 Å². The molecule has 0 spiro atoms. The minimum atomic E-state index is 0.154. The van der Waals surface area contributed by atoms with Crippen molar-refractivity contribution < 1.29 is 9.53 Å². The summed E-state index contributed by atoms with van der Waals surface area (Å²) in [5, 5.41) is 0. The van der Waals surface area contributed by atoms with E-state index < -0.39 is 0 Å². The van der Waals surface area contributed by atoms with Crippen molar-refractivity contribution in [3.8, 4) is 0 Å². The molecule has 1 unspecified atom stereocenters. The van der Waals surface area contributed by atoms with Gasteiger partial charge in [-0.15, -0.1) is 0 Å². The molecular formula is C21H31NO2. The van der Waals surface area contributed by atoms with Gasteiger partial charge in [-0.3, -0.25) is 4.79 Å². The first-order valence-corrected chi connectivity index (χ1v) is 9.44. The van der Waals surface area contributed by atoms with E-state index in [1.165, 1.54) is 24.8 Å². The summed E-state index contributed by atoms with van der Waals surface area (Å²) in [6.45, 7) is 8.29. The van der Waals surface area contributed by atoms with Crippen molar-refractivity contribution in [3.63, 3.8) is 0 Å². The lowest BCUT2D eigenvalue weighted by atomic mass is 9.86. The third-order valence-electron chi connectivity index (χ3n) is 5.34. The first-order chi connectivity index (χ1) is 11.4. The van der Waals surface area contributed by atoms with Crippen LogP contribution in [0.5, 0.6) is 0 Å². The van der Waals surface area contributed by atoms with E-state index in [9.17, 15) is 4.79 Å². The molecule has 1 aromatic rings. The fourth-order valence-corrected chi connectivity index (χ4v) is 3.46. The summed E-state index contributed by atoms with van der Waals surface area (Å²) in [5.74, 6) is 0.236. The smallest absolute Gasteiger partial charge is 0.227 e. The molecule has 3 nitrogen and oxygen atoms in total. The maximum atomic E-state index is 12.6.